The molecule has 1 unspecified atom stereocenters. The van der Waals surface area contributed by atoms with Gasteiger partial charge in [-0.3, -0.25) is 4.79 Å². The van der Waals surface area contributed by atoms with Gasteiger partial charge in [-0.1, -0.05) is 29.8 Å². The first kappa shape index (κ1) is 18.5. The van der Waals surface area contributed by atoms with E-state index < -0.39 is 0 Å². The third-order valence-electron chi connectivity index (χ3n) is 4.66. The van der Waals surface area contributed by atoms with E-state index >= 15 is 0 Å². The van der Waals surface area contributed by atoms with E-state index in [1.54, 1.807) is 6.07 Å². The standard InChI is InChI=1S/C20H25N3O2S/c1-4-21-19(24)18-12-16(14(3)26-18)22-20(25)23-10-6-9-17(23)15-8-5-7-13(2)11-15/h5,7-8,11-12,17H,4,6,9-10H2,1-3H3,(H,21,24)(H,22,25). The van der Waals surface area contributed by atoms with Crippen LogP contribution >= 0.6 is 11.3 Å². The predicted molar refractivity (Wildman–Crippen MR) is 106 cm³/mol. The van der Waals surface area contributed by atoms with Crippen LogP contribution in [-0.4, -0.2) is 29.9 Å². The van der Waals surface area contributed by atoms with Gasteiger partial charge in [-0.05, 0) is 45.2 Å². The van der Waals surface area contributed by atoms with Gasteiger partial charge in [0, 0.05) is 18.0 Å². The second kappa shape index (κ2) is 7.91. The first-order valence-electron chi connectivity index (χ1n) is 9.02. The normalized spacial score (nSPS) is 16.6. The largest absolute Gasteiger partial charge is 0.352 e. The third-order valence-corrected chi connectivity index (χ3v) is 5.71. The average molecular weight is 372 g/mol. The zero-order valence-electron chi connectivity index (χ0n) is 15.5. The van der Waals surface area contributed by atoms with Crippen molar-refractivity contribution >= 4 is 29.0 Å². The molecule has 1 fully saturated rings. The molecule has 1 aromatic carbocycles. The van der Waals surface area contributed by atoms with Gasteiger partial charge in [0.05, 0.1) is 16.6 Å². The Kier molecular flexibility index (Phi) is 5.61. The van der Waals surface area contributed by atoms with Crippen LogP contribution in [0.15, 0.2) is 30.3 Å². The van der Waals surface area contributed by atoms with Crippen molar-refractivity contribution in [3.63, 3.8) is 0 Å². The molecule has 3 rings (SSSR count). The molecule has 6 heteroatoms. The lowest BCUT2D eigenvalue weighted by molar-refractivity contribution is 0.0960. The molecule has 0 saturated carbocycles. The second-order valence-electron chi connectivity index (χ2n) is 6.64. The number of carbonyl (C=O) groups excluding carboxylic acids is 2. The van der Waals surface area contributed by atoms with Crippen LogP contribution in [0.25, 0.3) is 0 Å². The van der Waals surface area contributed by atoms with E-state index in [1.807, 2.05) is 24.8 Å². The molecule has 0 bridgehead atoms. The summed E-state index contributed by atoms with van der Waals surface area (Å²) in [5.41, 5.74) is 3.11. The van der Waals surface area contributed by atoms with Crippen LogP contribution in [0, 0.1) is 13.8 Å². The Morgan fingerprint density at radius 2 is 2.08 bits per heavy atom. The SMILES string of the molecule is CCNC(=O)c1cc(NC(=O)N2CCCC2c2cccc(C)c2)c(C)s1. The summed E-state index contributed by atoms with van der Waals surface area (Å²) >= 11 is 1.40. The van der Waals surface area contributed by atoms with Gasteiger partial charge in [0.15, 0.2) is 0 Å². The summed E-state index contributed by atoms with van der Waals surface area (Å²) in [4.78, 5) is 28.3. The quantitative estimate of drug-likeness (QED) is 0.832. The first-order chi connectivity index (χ1) is 12.5. The molecule has 26 heavy (non-hydrogen) atoms. The lowest BCUT2D eigenvalue weighted by Crippen LogP contribution is -2.34. The maximum absolute atomic E-state index is 12.9. The summed E-state index contributed by atoms with van der Waals surface area (Å²) in [5, 5.41) is 5.79. The van der Waals surface area contributed by atoms with E-state index in [2.05, 4.69) is 35.8 Å². The molecule has 5 nitrogen and oxygen atoms in total. The molecule has 2 N–H and O–H groups in total. The number of likely N-dealkylation sites (tertiary alicyclic amines) is 1. The van der Waals surface area contributed by atoms with Gasteiger partial charge in [0.1, 0.15) is 0 Å². The number of carbonyl (C=O) groups is 2. The molecule has 1 atom stereocenters. The predicted octanol–water partition coefficient (Wildman–Crippen LogP) is 4.48. The van der Waals surface area contributed by atoms with Gasteiger partial charge < -0.3 is 15.5 Å². The molecule has 0 radical (unpaired) electrons. The number of anilines is 1. The monoisotopic (exact) mass is 371 g/mol. The number of hydrogen-bond donors (Lipinski definition) is 2. The minimum Gasteiger partial charge on any atom is -0.352 e. The fourth-order valence-electron chi connectivity index (χ4n) is 3.39. The highest BCUT2D eigenvalue weighted by atomic mass is 32.1. The average Bonchev–Trinajstić information content (AvgIpc) is 3.22. The number of nitrogens with one attached hydrogen (secondary N) is 2. The Hall–Kier alpha value is -2.34. The van der Waals surface area contributed by atoms with Crippen LogP contribution in [0.4, 0.5) is 10.5 Å². The van der Waals surface area contributed by atoms with Crippen LogP contribution < -0.4 is 10.6 Å². The maximum atomic E-state index is 12.9. The van der Waals surface area contributed by atoms with E-state index in [4.69, 9.17) is 0 Å². The fourth-order valence-corrected chi connectivity index (χ4v) is 4.28. The van der Waals surface area contributed by atoms with E-state index in [0.717, 1.165) is 30.0 Å². The van der Waals surface area contributed by atoms with Crippen molar-refractivity contribution in [2.75, 3.05) is 18.4 Å². The van der Waals surface area contributed by atoms with Gasteiger partial charge in [0.2, 0.25) is 0 Å². The highest BCUT2D eigenvalue weighted by Crippen LogP contribution is 2.34. The topological polar surface area (TPSA) is 61.4 Å². The number of benzene rings is 1. The van der Waals surface area contributed by atoms with Gasteiger partial charge >= 0.3 is 6.03 Å². The van der Waals surface area contributed by atoms with Crippen molar-refractivity contribution in [1.29, 1.82) is 0 Å². The summed E-state index contributed by atoms with van der Waals surface area (Å²) in [5.74, 6) is -0.0973. The van der Waals surface area contributed by atoms with Gasteiger partial charge in [-0.15, -0.1) is 11.3 Å². The molecular weight excluding hydrogens is 346 g/mol. The number of thiophene rings is 1. The van der Waals surface area contributed by atoms with Crippen molar-refractivity contribution in [2.45, 2.75) is 39.7 Å². The highest BCUT2D eigenvalue weighted by molar-refractivity contribution is 7.14. The molecule has 138 valence electrons. The Labute approximate surface area is 158 Å². The minimum atomic E-state index is -0.0997. The summed E-state index contributed by atoms with van der Waals surface area (Å²) in [6, 6.07) is 10.1. The molecule has 0 aliphatic carbocycles. The number of hydrogen-bond acceptors (Lipinski definition) is 3. The van der Waals surface area contributed by atoms with Crippen molar-refractivity contribution in [3.8, 4) is 0 Å². The maximum Gasteiger partial charge on any atom is 0.322 e. The fraction of sp³-hybridized carbons (Fsp3) is 0.400. The third kappa shape index (κ3) is 3.90. The summed E-state index contributed by atoms with van der Waals surface area (Å²) in [7, 11) is 0. The van der Waals surface area contributed by atoms with Crippen LogP contribution in [0.2, 0.25) is 0 Å². The number of nitrogens with zero attached hydrogens (tertiary/aromatic N) is 1. The molecule has 2 aromatic rings. The first-order valence-corrected chi connectivity index (χ1v) is 9.84. The molecule has 2 heterocycles. The Balaban J connectivity index is 1.74. The molecular formula is C20H25N3O2S. The zero-order valence-corrected chi connectivity index (χ0v) is 16.3. The van der Waals surface area contributed by atoms with Gasteiger partial charge in [-0.25, -0.2) is 4.79 Å². The number of rotatable bonds is 4. The second-order valence-corrected chi connectivity index (χ2v) is 7.89. The number of urea groups is 1. The number of amides is 3. The van der Waals surface area contributed by atoms with Crippen molar-refractivity contribution in [2.24, 2.45) is 0 Å². The zero-order chi connectivity index (χ0) is 18.7. The Morgan fingerprint density at radius 3 is 2.81 bits per heavy atom. The summed E-state index contributed by atoms with van der Waals surface area (Å²) < 4.78 is 0. The van der Waals surface area contributed by atoms with Crippen LogP contribution in [0.3, 0.4) is 0 Å². The van der Waals surface area contributed by atoms with Gasteiger partial charge in [-0.2, -0.15) is 0 Å². The Morgan fingerprint density at radius 1 is 1.27 bits per heavy atom. The number of aryl methyl sites for hydroxylation is 2. The van der Waals surface area contributed by atoms with E-state index in [1.165, 1.54) is 22.5 Å². The highest BCUT2D eigenvalue weighted by Gasteiger charge is 2.30. The van der Waals surface area contributed by atoms with E-state index in [0.29, 0.717) is 11.4 Å². The van der Waals surface area contributed by atoms with Crippen molar-refractivity contribution in [1.82, 2.24) is 10.2 Å². The minimum absolute atomic E-state index is 0.0973. The van der Waals surface area contributed by atoms with Crippen molar-refractivity contribution in [3.05, 3.63) is 51.2 Å². The molecule has 1 aromatic heterocycles. The molecule has 1 aliphatic heterocycles. The van der Waals surface area contributed by atoms with Crippen molar-refractivity contribution < 1.29 is 9.59 Å². The van der Waals surface area contributed by atoms with Gasteiger partial charge in [0.25, 0.3) is 5.91 Å². The summed E-state index contributed by atoms with van der Waals surface area (Å²) in [6.07, 6.45) is 1.97. The Bertz CT molecular complexity index is 815. The summed E-state index contributed by atoms with van der Waals surface area (Å²) in [6.45, 7) is 7.21. The molecule has 0 spiro atoms. The lowest BCUT2D eigenvalue weighted by Gasteiger charge is -2.25. The van der Waals surface area contributed by atoms with E-state index in [-0.39, 0.29) is 18.0 Å². The van der Waals surface area contributed by atoms with Crippen LogP contribution in [0.5, 0.6) is 0 Å². The van der Waals surface area contributed by atoms with E-state index in [9.17, 15) is 9.59 Å². The smallest absolute Gasteiger partial charge is 0.322 e. The lowest BCUT2D eigenvalue weighted by atomic mass is 10.0. The molecule has 3 amide bonds. The van der Waals surface area contributed by atoms with Crippen LogP contribution in [-0.2, 0) is 0 Å². The van der Waals surface area contributed by atoms with Crippen LogP contribution in [0.1, 0.15) is 51.5 Å². The molecule has 1 saturated heterocycles. The molecule has 1 aliphatic rings.